The molecule has 1 aliphatic heterocycles. The number of benzene rings is 1. The molecule has 0 aliphatic carbocycles. The van der Waals surface area contributed by atoms with Crippen LogP contribution in [0.3, 0.4) is 0 Å². The second kappa shape index (κ2) is 8.49. The molecule has 4 rings (SSSR count). The number of rotatable bonds is 6. The normalized spacial score (nSPS) is 15.1. The number of carbonyl (C=O) groups excluding carboxylic acids is 1. The molecule has 0 radical (unpaired) electrons. The van der Waals surface area contributed by atoms with Crippen LogP contribution < -0.4 is 5.84 Å². The van der Waals surface area contributed by atoms with E-state index >= 15 is 0 Å². The molecule has 28 heavy (non-hydrogen) atoms. The lowest BCUT2D eigenvalue weighted by Crippen LogP contribution is -2.48. The maximum atomic E-state index is 12.6. The largest absolute Gasteiger partial charge is 0.461 e. The van der Waals surface area contributed by atoms with E-state index in [9.17, 15) is 4.79 Å². The molecule has 1 amide bonds. The average Bonchev–Trinajstić information content (AvgIpc) is 3.37. The zero-order valence-corrected chi connectivity index (χ0v) is 16.2. The first-order valence-corrected chi connectivity index (χ1v) is 10.1. The Balaban J connectivity index is 1.26. The molecule has 3 aromatic rings. The molecule has 1 saturated heterocycles. The van der Waals surface area contributed by atoms with E-state index in [4.69, 9.17) is 10.3 Å². The van der Waals surface area contributed by atoms with Gasteiger partial charge < -0.3 is 15.2 Å². The van der Waals surface area contributed by atoms with E-state index in [0.29, 0.717) is 16.7 Å². The Labute approximate surface area is 167 Å². The number of furan rings is 1. The van der Waals surface area contributed by atoms with Crippen molar-refractivity contribution < 1.29 is 9.21 Å². The number of nitrogens with two attached hydrogens (primary N) is 1. The second-order valence-corrected chi connectivity index (χ2v) is 7.53. The van der Waals surface area contributed by atoms with E-state index in [0.717, 1.165) is 32.7 Å². The van der Waals surface area contributed by atoms with E-state index in [-0.39, 0.29) is 11.7 Å². The van der Waals surface area contributed by atoms with Crippen LogP contribution in [0.25, 0.3) is 11.6 Å². The highest BCUT2D eigenvalue weighted by Gasteiger charge is 2.22. The zero-order valence-electron chi connectivity index (χ0n) is 15.4. The number of nitrogen functional groups attached to an aromatic ring is 1. The lowest BCUT2D eigenvalue weighted by Gasteiger charge is -2.34. The third-order valence-corrected chi connectivity index (χ3v) is 5.63. The van der Waals surface area contributed by atoms with E-state index in [1.807, 2.05) is 11.0 Å². The van der Waals surface area contributed by atoms with Crippen molar-refractivity contribution in [1.29, 1.82) is 0 Å². The summed E-state index contributed by atoms with van der Waals surface area (Å²) < 4.78 is 6.65. The van der Waals surface area contributed by atoms with E-state index in [1.54, 1.807) is 18.4 Å². The fourth-order valence-corrected chi connectivity index (χ4v) is 3.92. The quantitative estimate of drug-likeness (QED) is 0.499. The summed E-state index contributed by atoms with van der Waals surface area (Å²) in [6.45, 7) is 4.14. The molecule has 0 unspecified atom stereocenters. The van der Waals surface area contributed by atoms with Crippen molar-refractivity contribution in [1.82, 2.24) is 24.7 Å². The minimum atomic E-state index is 0.0897. The molecular weight excluding hydrogens is 376 g/mol. The Kier molecular flexibility index (Phi) is 5.63. The zero-order chi connectivity index (χ0) is 19.3. The molecule has 0 saturated carbocycles. The summed E-state index contributed by atoms with van der Waals surface area (Å²) in [5.74, 6) is 7.39. The number of aromatic nitrogens is 3. The summed E-state index contributed by atoms with van der Waals surface area (Å²) in [4.78, 5) is 16.8. The molecule has 3 heterocycles. The number of thioether (sulfide) groups is 1. The standard InChI is InChI=1S/C19H22N6O2S/c20-25-18(16-7-4-12-27-16)21-22-19(25)28-14-17(26)24-10-8-23(9-11-24)13-15-5-2-1-3-6-15/h1-7,12H,8-11,13-14,20H2. The van der Waals surface area contributed by atoms with Gasteiger partial charge in [0.15, 0.2) is 5.76 Å². The van der Waals surface area contributed by atoms with Crippen LogP contribution in [0.4, 0.5) is 0 Å². The van der Waals surface area contributed by atoms with Crippen LogP contribution in [0.2, 0.25) is 0 Å². The fraction of sp³-hybridized carbons (Fsp3) is 0.316. The van der Waals surface area contributed by atoms with Crippen LogP contribution >= 0.6 is 11.8 Å². The SMILES string of the molecule is Nn1c(SCC(=O)N2CCN(Cc3ccccc3)CC2)nnc1-c1ccco1. The number of carbonyl (C=O) groups is 1. The van der Waals surface area contributed by atoms with E-state index in [1.165, 1.54) is 22.0 Å². The van der Waals surface area contributed by atoms with E-state index < -0.39 is 0 Å². The molecule has 1 aliphatic rings. The topological polar surface area (TPSA) is 93.4 Å². The van der Waals surface area contributed by atoms with Crippen molar-refractivity contribution in [3.05, 3.63) is 54.3 Å². The summed E-state index contributed by atoms with van der Waals surface area (Å²) in [5.41, 5.74) is 1.30. The third-order valence-electron chi connectivity index (χ3n) is 4.70. The maximum Gasteiger partial charge on any atom is 0.233 e. The molecule has 9 heteroatoms. The van der Waals surface area contributed by atoms with Gasteiger partial charge in [-0.25, -0.2) is 4.68 Å². The summed E-state index contributed by atoms with van der Waals surface area (Å²) in [5, 5.41) is 8.59. The van der Waals surface area contributed by atoms with Crippen molar-refractivity contribution in [3.63, 3.8) is 0 Å². The van der Waals surface area contributed by atoms with Gasteiger partial charge in [-0.15, -0.1) is 10.2 Å². The van der Waals surface area contributed by atoms with Gasteiger partial charge in [-0.3, -0.25) is 9.69 Å². The third kappa shape index (κ3) is 4.20. The highest BCUT2D eigenvalue weighted by molar-refractivity contribution is 7.99. The van der Waals surface area contributed by atoms with Gasteiger partial charge in [0.25, 0.3) is 0 Å². The summed E-state index contributed by atoms with van der Waals surface area (Å²) in [7, 11) is 0. The first-order valence-electron chi connectivity index (χ1n) is 9.12. The lowest BCUT2D eigenvalue weighted by atomic mass is 10.2. The maximum absolute atomic E-state index is 12.6. The molecule has 8 nitrogen and oxygen atoms in total. The molecule has 0 spiro atoms. The van der Waals surface area contributed by atoms with Gasteiger partial charge in [0.05, 0.1) is 12.0 Å². The highest BCUT2D eigenvalue weighted by atomic mass is 32.2. The Morgan fingerprint density at radius 2 is 1.86 bits per heavy atom. The fourth-order valence-electron chi connectivity index (χ4n) is 3.16. The Hall–Kier alpha value is -2.78. The summed E-state index contributed by atoms with van der Waals surface area (Å²) in [6.07, 6.45) is 1.55. The number of hydrogen-bond acceptors (Lipinski definition) is 7. The van der Waals surface area contributed by atoms with Crippen molar-refractivity contribution in [3.8, 4) is 11.6 Å². The minimum Gasteiger partial charge on any atom is -0.461 e. The van der Waals surface area contributed by atoms with Crippen LogP contribution in [-0.2, 0) is 11.3 Å². The molecule has 0 bridgehead atoms. The lowest BCUT2D eigenvalue weighted by molar-refractivity contribution is -0.130. The van der Waals surface area contributed by atoms with Crippen molar-refractivity contribution >= 4 is 17.7 Å². The molecular formula is C19H22N6O2S. The van der Waals surface area contributed by atoms with Crippen molar-refractivity contribution in [2.75, 3.05) is 37.8 Å². The van der Waals surface area contributed by atoms with Gasteiger partial charge in [0.2, 0.25) is 16.9 Å². The summed E-state index contributed by atoms with van der Waals surface area (Å²) >= 11 is 1.29. The van der Waals surface area contributed by atoms with Crippen LogP contribution in [0.1, 0.15) is 5.56 Å². The van der Waals surface area contributed by atoms with Crippen molar-refractivity contribution in [2.45, 2.75) is 11.7 Å². The first kappa shape index (κ1) is 18.6. The predicted molar refractivity (Wildman–Crippen MR) is 107 cm³/mol. The Bertz CT molecular complexity index is 904. The van der Waals surface area contributed by atoms with E-state index in [2.05, 4.69) is 39.4 Å². The highest BCUT2D eigenvalue weighted by Crippen LogP contribution is 2.22. The van der Waals surface area contributed by atoms with Crippen LogP contribution in [0, 0.1) is 0 Å². The van der Waals surface area contributed by atoms with Crippen LogP contribution in [0.5, 0.6) is 0 Å². The molecule has 0 atom stereocenters. The van der Waals surface area contributed by atoms with Gasteiger partial charge in [0, 0.05) is 32.7 Å². The van der Waals surface area contributed by atoms with Gasteiger partial charge in [-0.2, -0.15) is 0 Å². The van der Waals surface area contributed by atoms with Gasteiger partial charge in [0.1, 0.15) is 0 Å². The molecule has 2 N–H and O–H groups in total. The number of nitrogens with zero attached hydrogens (tertiary/aromatic N) is 5. The van der Waals surface area contributed by atoms with Gasteiger partial charge in [-0.1, -0.05) is 42.1 Å². The first-order chi connectivity index (χ1) is 13.7. The van der Waals surface area contributed by atoms with Crippen molar-refractivity contribution in [2.24, 2.45) is 0 Å². The number of piperazine rings is 1. The van der Waals surface area contributed by atoms with Crippen LogP contribution in [-0.4, -0.2) is 62.5 Å². The molecule has 2 aromatic heterocycles. The van der Waals surface area contributed by atoms with Crippen LogP contribution in [0.15, 0.2) is 58.3 Å². The second-order valence-electron chi connectivity index (χ2n) is 6.58. The smallest absolute Gasteiger partial charge is 0.233 e. The number of amides is 1. The summed E-state index contributed by atoms with van der Waals surface area (Å²) in [6, 6.07) is 13.9. The number of hydrogen-bond donors (Lipinski definition) is 1. The Morgan fingerprint density at radius 1 is 1.07 bits per heavy atom. The Morgan fingerprint density at radius 3 is 2.57 bits per heavy atom. The molecule has 1 fully saturated rings. The van der Waals surface area contributed by atoms with Gasteiger partial charge >= 0.3 is 0 Å². The van der Waals surface area contributed by atoms with Gasteiger partial charge in [-0.05, 0) is 17.7 Å². The molecule has 146 valence electrons. The monoisotopic (exact) mass is 398 g/mol. The molecule has 1 aromatic carbocycles. The average molecular weight is 398 g/mol. The predicted octanol–water partition coefficient (Wildman–Crippen LogP) is 1.69. The minimum absolute atomic E-state index is 0.0897.